The molecular formula is C22H18Cl2N4O4S. The van der Waals surface area contributed by atoms with Crippen LogP contribution in [0.25, 0.3) is 0 Å². The molecule has 11 heteroatoms. The van der Waals surface area contributed by atoms with Gasteiger partial charge >= 0.3 is 5.97 Å². The molecule has 1 saturated heterocycles. The number of carbonyl (C=O) groups is 3. The third-order valence-corrected chi connectivity index (χ3v) is 6.15. The second-order valence-corrected chi connectivity index (χ2v) is 8.79. The van der Waals surface area contributed by atoms with Gasteiger partial charge in [-0.25, -0.2) is 4.42 Å². The summed E-state index contributed by atoms with van der Waals surface area (Å²) in [5.74, 6) is -1.99. The van der Waals surface area contributed by atoms with Crippen molar-refractivity contribution < 1.29 is 19.5 Å². The minimum atomic E-state index is -1.10. The fourth-order valence-corrected chi connectivity index (χ4v) is 4.33. The van der Waals surface area contributed by atoms with Crippen molar-refractivity contribution >= 4 is 75.6 Å². The normalized spacial score (nSPS) is 14.9. The number of anilines is 3. The van der Waals surface area contributed by atoms with Crippen molar-refractivity contribution in [2.24, 2.45) is 0 Å². The maximum absolute atomic E-state index is 13.3. The molecule has 1 heterocycles. The SMILES string of the molecule is CC1(C)C(=O)N(c2ccc(C#N)c(Cl)c2)C(=S)N1c1cccc(N(Cl)C(=O)CCC(=O)O)c1. The lowest BCUT2D eigenvalue weighted by Crippen LogP contribution is -2.44. The Labute approximate surface area is 205 Å². The van der Waals surface area contributed by atoms with E-state index < -0.39 is 17.4 Å². The van der Waals surface area contributed by atoms with E-state index in [0.29, 0.717) is 17.1 Å². The zero-order chi connectivity index (χ0) is 24.5. The van der Waals surface area contributed by atoms with Crippen LogP contribution in [-0.2, 0) is 14.4 Å². The summed E-state index contributed by atoms with van der Waals surface area (Å²) in [6, 6.07) is 13.1. The lowest BCUT2D eigenvalue weighted by atomic mass is 10.0. The van der Waals surface area contributed by atoms with Crippen LogP contribution in [-0.4, -0.2) is 33.5 Å². The predicted molar refractivity (Wildman–Crippen MR) is 129 cm³/mol. The zero-order valence-corrected chi connectivity index (χ0v) is 19.9. The minimum Gasteiger partial charge on any atom is -0.481 e. The van der Waals surface area contributed by atoms with Crippen LogP contribution in [0.5, 0.6) is 0 Å². The van der Waals surface area contributed by atoms with Crippen LogP contribution < -0.4 is 14.2 Å². The topological polar surface area (TPSA) is 105 Å². The van der Waals surface area contributed by atoms with Crippen molar-refractivity contribution in [3.8, 4) is 6.07 Å². The number of benzene rings is 2. The Morgan fingerprint density at radius 3 is 2.48 bits per heavy atom. The summed E-state index contributed by atoms with van der Waals surface area (Å²) in [5.41, 5.74) is 0.422. The Morgan fingerprint density at radius 1 is 1.18 bits per heavy atom. The van der Waals surface area contributed by atoms with Gasteiger partial charge in [0.05, 0.1) is 28.4 Å². The van der Waals surface area contributed by atoms with Gasteiger partial charge < -0.3 is 10.0 Å². The average molecular weight is 505 g/mol. The van der Waals surface area contributed by atoms with Crippen molar-refractivity contribution in [3.63, 3.8) is 0 Å². The quantitative estimate of drug-likeness (QED) is 0.456. The minimum absolute atomic E-state index is 0.182. The molecule has 170 valence electrons. The fraction of sp³-hybridized carbons (Fsp3) is 0.227. The second-order valence-electron chi connectivity index (χ2n) is 7.68. The maximum Gasteiger partial charge on any atom is 0.303 e. The van der Waals surface area contributed by atoms with E-state index >= 15 is 0 Å². The summed E-state index contributed by atoms with van der Waals surface area (Å²) >= 11 is 17.9. The van der Waals surface area contributed by atoms with Gasteiger partial charge in [0.15, 0.2) is 5.11 Å². The van der Waals surface area contributed by atoms with E-state index in [1.807, 2.05) is 6.07 Å². The number of hydrogen-bond donors (Lipinski definition) is 1. The van der Waals surface area contributed by atoms with Gasteiger partial charge in [0, 0.05) is 23.9 Å². The molecule has 2 aromatic rings. The molecule has 0 aromatic heterocycles. The molecule has 1 aliphatic heterocycles. The van der Waals surface area contributed by atoms with E-state index in [-0.39, 0.29) is 34.4 Å². The number of carbonyl (C=O) groups excluding carboxylic acids is 2. The number of nitrogens with zero attached hydrogens (tertiary/aromatic N) is 4. The molecule has 2 amide bonds. The highest BCUT2D eigenvalue weighted by molar-refractivity contribution is 7.81. The first-order valence-corrected chi connectivity index (χ1v) is 10.8. The third-order valence-electron chi connectivity index (χ3n) is 5.09. The Bertz CT molecular complexity index is 1210. The molecular weight excluding hydrogens is 487 g/mol. The third kappa shape index (κ3) is 4.64. The second kappa shape index (κ2) is 9.35. The number of nitriles is 1. The summed E-state index contributed by atoms with van der Waals surface area (Å²) < 4.78 is 0.846. The van der Waals surface area contributed by atoms with Crippen molar-refractivity contribution in [2.45, 2.75) is 32.2 Å². The van der Waals surface area contributed by atoms with E-state index in [4.69, 9.17) is 46.0 Å². The van der Waals surface area contributed by atoms with Crippen molar-refractivity contribution in [2.75, 3.05) is 14.2 Å². The maximum atomic E-state index is 13.3. The fourth-order valence-electron chi connectivity index (χ4n) is 3.40. The molecule has 33 heavy (non-hydrogen) atoms. The summed E-state index contributed by atoms with van der Waals surface area (Å²) in [7, 11) is 0. The zero-order valence-electron chi connectivity index (χ0n) is 17.6. The summed E-state index contributed by atoms with van der Waals surface area (Å²) in [6.07, 6.45) is -0.607. The van der Waals surface area contributed by atoms with Gasteiger partial charge in [-0.1, -0.05) is 17.7 Å². The summed E-state index contributed by atoms with van der Waals surface area (Å²) in [4.78, 5) is 39.3. The lowest BCUT2D eigenvalue weighted by Gasteiger charge is -2.30. The Morgan fingerprint density at radius 2 is 1.88 bits per heavy atom. The van der Waals surface area contributed by atoms with Crippen LogP contribution >= 0.6 is 35.6 Å². The first-order chi connectivity index (χ1) is 15.5. The Hall–Kier alpha value is -3.19. The lowest BCUT2D eigenvalue weighted by molar-refractivity contribution is -0.138. The largest absolute Gasteiger partial charge is 0.481 e. The first-order valence-electron chi connectivity index (χ1n) is 9.68. The first kappa shape index (κ1) is 24.5. The number of halogens is 2. The molecule has 0 radical (unpaired) electrons. The predicted octanol–water partition coefficient (Wildman–Crippen LogP) is 4.48. The standard InChI is InChI=1S/C22H18Cl2N4O4S/c1-22(2)20(32)26(14-7-6-13(12-25)17(23)11-14)21(33)27(22)15-4-3-5-16(10-15)28(24)18(29)8-9-19(30)31/h3-7,10-11H,8-9H2,1-2H3,(H,30,31). The van der Waals surface area contributed by atoms with Gasteiger partial charge in [0.1, 0.15) is 11.6 Å². The molecule has 1 N–H and O–H groups in total. The van der Waals surface area contributed by atoms with Crippen LogP contribution in [0.4, 0.5) is 17.1 Å². The molecule has 0 unspecified atom stereocenters. The van der Waals surface area contributed by atoms with E-state index in [0.717, 1.165) is 4.42 Å². The van der Waals surface area contributed by atoms with Gasteiger partial charge in [-0.15, -0.1) is 0 Å². The van der Waals surface area contributed by atoms with E-state index in [1.54, 1.807) is 49.1 Å². The highest BCUT2D eigenvalue weighted by Gasteiger charge is 2.50. The van der Waals surface area contributed by atoms with E-state index in [9.17, 15) is 14.4 Å². The summed E-state index contributed by atoms with van der Waals surface area (Å²) in [5, 5.41) is 18.3. The monoisotopic (exact) mass is 504 g/mol. The molecule has 0 aliphatic carbocycles. The highest BCUT2D eigenvalue weighted by Crippen LogP contribution is 2.38. The van der Waals surface area contributed by atoms with Gasteiger partial charge in [0.25, 0.3) is 5.91 Å². The van der Waals surface area contributed by atoms with Crippen molar-refractivity contribution in [1.82, 2.24) is 0 Å². The number of thiocarbonyl (C=S) groups is 1. The highest BCUT2D eigenvalue weighted by atomic mass is 35.5. The Kier molecular flexibility index (Phi) is 6.93. The molecule has 1 aliphatic rings. The number of aliphatic carboxylic acids is 1. The summed E-state index contributed by atoms with van der Waals surface area (Å²) in [6.45, 7) is 3.41. The van der Waals surface area contributed by atoms with Gasteiger partial charge in [-0.2, -0.15) is 5.26 Å². The van der Waals surface area contributed by atoms with Crippen LogP contribution in [0, 0.1) is 11.3 Å². The number of carboxylic acids is 1. The number of rotatable bonds is 6. The average Bonchev–Trinajstić information content (AvgIpc) is 2.95. The molecule has 0 spiro atoms. The van der Waals surface area contributed by atoms with Gasteiger partial charge in [-0.05, 0) is 62.5 Å². The molecule has 8 nitrogen and oxygen atoms in total. The molecule has 1 fully saturated rings. The van der Waals surface area contributed by atoms with Crippen molar-refractivity contribution in [3.05, 3.63) is 53.1 Å². The Balaban J connectivity index is 1.96. The van der Waals surface area contributed by atoms with Gasteiger partial charge in [-0.3, -0.25) is 19.3 Å². The molecule has 0 atom stereocenters. The van der Waals surface area contributed by atoms with Crippen molar-refractivity contribution in [1.29, 1.82) is 5.26 Å². The number of amides is 2. The van der Waals surface area contributed by atoms with Crippen LogP contribution in [0.1, 0.15) is 32.3 Å². The van der Waals surface area contributed by atoms with Crippen LogP contribution in [0.3, 0.4) is 0 Å². The molecule has 0 saturated carbocycles. The van der Waals surface area contributed by atoms with Crippen LogP contribution in [0.2, 0.25) is 5.02 Å². The van der Waals surface area contributed by atoms with E-state index in [2.05, 4.69) is 0 Å². The molecule has 0 bridgehead atoms. The van der Waals surface area contributed by atoms with Crippen LogP contribution in [0.15, 0.2) is 42.5 Å². The molecule has 2 aromatic carbocycles. The number of carboxylic acid groups (broad SMARTS) is 1. The van der Waals surface area contributed by atoms with Gasteiger partial charge in [0.2, 0.25) is 5.91 Å². The van der Waals surface area contributed by atoms with E-state index in [1.165, 1.54) is 17.0 Å². The number of hydrogen-bond acceptors (Lipinski definition) is 5. The molecule has 3 rings (SSSR count). The smallest absolute Gasteiger partial charge is 0.303 e.